The third kappa shape index (κ3) is 3.34. The molecular formula is C14H18N2O2. The number of hydrogen-bond donors (Lipinski definition) is 1. The number of aromatic nitrogens is 1. The Morgan fingerprint density at radius 3 is 2.78 bits per heavy atom. The van der Waals surface area contributed by atoms with Crippen LogP contribution in [0.4, 0.5) is 0 Å². The van der Waals surface area contributed by atoms with Crippen molar-refractivity contribution in [1.82, 2.24) is 10.3 Å². The topological polar surface area (TPSA) is 47.3 Å². The van der Waals surface area contributed by atoms with Crippen LogP contribution < -0.4 is 10.1 Å². The molecule has 4 heteroatoms. The van der Waals surface area contributed by atoms with Crippen LogP contribution in [0.5, 0.6) is 5.88 Å². The molecule has 0 aromatic carbocycles. The molecule has 2 aromatic heterocycles. The second-order valence-electron chi connectivity index (χ2n) is 4.03. The minimum absolute atomic E-state index is 0.639. The molecule has 0 aliphatic carbocycles. The first-order chi connectivity index (χ1) is 8.81. The van der Waals surface area contributed by atoms with Gasteiger partial charge in [0.2, 0.25) is 5.88 Å². The fourth-order valence-electron chi connectivity index (χ4n) is 1.71. The number of pyridine rings is 1. The highest BCUT2D eigenvalue weighted by molar-refractivity contribution is 5.20. The van der Waals surface area contributed by atoms with E-state index in [9.17, 15) is 0 Å². The van der Waals surface area contributed by atoms with Crippen molar-refractivity contribution in [1.29, 1.82) is 0 Å². The van der Waals surface area contributed by atoms with Crippen LogP contribution in [-0.4, -0.2) is 12.1 Å². The number of nitrogens with one attached hydrogen (secondary N) is 1. The maximum Gasteiger partial charge on any atom is 0.213 e. The van der Waals surface area contributed by atoms with Crippen LogP contribution in [0.2, 0.25) is 0 Å². The number of rotatable bonds is 6. The maximum atomic E-state index is 5.62. The summed E-state index contributed by atoms with van der Waals surface area (Å²) in [5.74, 6) is 2.63. The second kappa shape index (κ2) is 6.21. The molecule has 2 rings (SSSR count). The molecule has 2 aromatic rings. The van der Waals surface area contributed by atoms with Crippen molar-refractivity contribution in [2.75, 3.05) is 7.11 Å². The fourth-order valence-corrected chi connectivity index (χ4v) is 1.71. The van der Waals surface area contributed by atoms with Crippen molar-refractivity contribution in [3.63, 3.8) is 0 Å². The smallest absolute Gasteiger partial charge is 0.213 e. The first-order valence-electron chi connectivity index (χ1n) is 6.09. The molecule has 0 amide bonds. The number of aryl methyl sites for hydroxylation is 1. The minimum Gasteiger partial charge on any atom is -0.481 e. The van der Waals surface area contributed by atoms with E-state index in [1.54, 1.807) is 13.3 Å². The van der Waals surface area contributed by atoms with Gasteiger partial charge in [-0.1, -0.05) is 6.92 Å². The molecule has 0 unspecified atom stereocenters. The van der Waals surface area contributed by atoms with E-state index in [-0.39, 0.29) is 0 Å². The molecule has 0 saturated carbocycles. The van der Waals surface area contributed by atoms with Crippen LogP contribution in [0, 0.1) is 0 Å². The Morgan fingerprint density at radius 2 is 2.06 bits per heavy atom. The highest BCUT2D eigenvalue weighted by Gasteiger charge is 2.01. The van der Waals surface area contributed by atoms with Gasteiger partial charge in [-0.25, -0.2) is 4.98 Å². The van der Waals surface area contributed by atoms with E-state index in [1.165, 1.54) is 0 Å². The van der Waals surface area contributed by atoms with Crippen molar-refractivity contribution in [3.8, 4) is 5.88 Å². The normalized spacial score (nSPS) is 10.6. The van der Waals surface area contributed by atoms with E-state index in [0.717, 1.165) is 36.6 Å². The summed E-state index contributed by atoms with van der Waals surface area (Å²) in [5, 5.41) is 3.33. The van der Waals surface area contributed by atoms with Crippen molar-refractivity contribution in [2.45, 2.75) is 26.4 Å². The monoisotopic (exact) mass is 246 g/mol. The number of nitrogens with zero attached hydrogens (tertiary/aromatic N) is 1. The summed E-state index contributed by atoms with van der Waals surface area (Å²) < 4.78 is 10.7. The standard InChI is InChI=1S/C14H18N2O2/c1-3-12-4-5-13(18-12)10-15-9-11-6-7-16-14(8-11)17-2/h4-8,15H,3,9-10H2,1-2H3. The molecule has 0 aliphatic heterocycles. The zero-order valence-corrected chi connectivity index (χ0v) is 10.8. The van der Waals surface area contributed by atoms with E-state index in [2.05, 4.69) is 17.2 Å². The van der Waals surface area contributed by atoms with Gasteiger partial charge >= 0.3 is 0 Å². The first kappa shape index (κ1) is 12.6. The van der Waals surface area contributed by atoms with Crippen molar-refractivity contribution in [3.05, 3.63) is 47.5 Å². The molecular weight excluding hydrogens is 228 g/mol. The lowest BCUT2D eigenvalue weighted by Crippen LogP contribution is -2.12. The Balaban J connectivity index is 1.84. The number of hydrogen-bond acceptors (Lipinski definition) is 4. The van der Waals surface area contributed by atoms with Gasteiger partial charge in [-0.15, -0.1) is 0 Å². The van der Waals surface area contributed by atoms with Crippen molar-refractivity contribution >= 4 is 0 Å². The molecule has 0 aliphatic rings. The first-order valence-corrected chi connectivity index (χ1v) is 6.09. The molecule has 0 spiro atoms. The lowest BCUT2D eigenvalue weighted by atomic mass is 10.2. The van der Waals surface area contributed by atoms with Gasteiger partial charge in [0.25, 0.3) is 0 Å². The van der Waals surface area contributed by atoms with Crippen molar-refractivity contribution in [2.24, 2.45) is 0 Å². The Hall–Kier alpha value is -1.81. The van der Waals surface area contributed by atoms with E-state index in [4.69, 9.17) is 9.15 Å². The predicted molar refractivity (Wildman–Crippen MR) is 69.4 cm³/mol. The number of ether oxygens (including phenoxy) is 1. The van der Waals surface area contributed by atoms with E-state index in [0.29, 0.717) is 5.88 Å². The second-order valence-corrected chi connectivity index (χ2v) is 4.03. The van der Waals surface area contributed by atoms with Gasteiger partial charge in [-0.2, -0.15) is 0 Å². The third-order valence-corrected chi connectivity index (χ3v) is 2.70. The fraction of sp³-hybridized carbons (Fsp3) is 0.357. The van der Waals surface area contributed by atoms with Crippen LogP contribution in [0.1, 0.15) is 24.0 Å². The molecule has 0 fully saturated rings. The highest BCUT2D eigenvalue weighted by Crippen LogP contribution is 2.10. The molecule has 0 bridgehead atoms. The van der Waals surface area contributed by atoms with E-state index < -0.39 is 0 Å². The maximum absolute atomic E-state index is 5.62. The SMILES string of the molecule is CCc1ccc(CNCc2ccnc(OC)c2)o1. The summed E-state index contributed by atoms with van der Waals surface area (Å²) in [6.45, 7) is 3.57. The zero-order valence-electron chi connectivity index (χ0n) is 10.8. The molecule has 18 heavy (non-hydrogen) atoms. The molecule has 1 N–H and O–H groups in total. The van der Waals surface area contributed by atoms with Crippen LogP contribution in [-0.2, 0) is 19.5 Å². The highest BCUT2D eigenvalue weighted by atomic mass is 16.5. The molecule has 0 atom stereocenters. The molecule has 0 radical (unpaired) electrons. The molecule has 2 heterocycles. The van der Waals surface area contributed by atoms with Crippen LogP contribution >= 0.6 is 0 Å². The average Bonchev–Trinajstić information content (AvgIpc) is 2.87. The Bertz CT molecular complexity index is 494. The zero-order chi connectivity index (χ0) is 12.8. The van der Waals surface area contributed by atoms with Gasteiger partial charge in [-0.3, -0.25) is 0 Å². The van der Waals surface area contributed by atoms with Gasteiger partial charge in [0, 0.05) is 25.2 Å². The summed E-state index contributed by atoms with van der Waals surface area (Å²) in [6.07, 6.45) is 2.68. The Labute approximate surface area is 107 Å². The summed E-state index contributed by atoms with van der Waals surface area (Å²) >= 11 is 0. The van der Waals surface area contributed by atoms with Crippen LogP contribution in [0.3, 0.4) is 0 Å². The third-order valence-electron chi connectivity index (χ3n) is 2.70. The van der Waals surface area contributed by atoms with Gasteiger partial charge in [0.05, 0.1) is 13.7 Å². The quantitative estimate of drug-likeness (QED) is 0.851. The average molecular weight is 246 g/mol. The van der Waals surface area contributed by atoms with Gasteiger partial charge < -0.3 is 14.5 Å². The Kier molecular flexibility index (Phi) is 4.36. The lowest BCUT2D eigenvalue weighted by Gasteiger charge is -2.04. The largest absolute Gasteiger partial charge is 0.481 e. The minimum atomic E-state index is 0.639. The number of furan rings is 1. The Morgan fingerprint density at radius 1 is 1.22 bits per heavy atom. The molecule has 4 nitrogen and oxygen atoms in total. The van der Waals surface area contributed by atoms with E-state index in [1.807, 2.05) is 24.3 Å². The summed E-state index contributed by atoms with van der Waals surface area (Å²) in [5.41, 5.74) is 1.14. The van der Waals surface area contributed by atoms with Gasteiger partial charge in [0.15, 0.2) is 0 Å². The van der Waals surface area contributed by atoms with Crippen LogP contribution in [0.15, 0.2) is 34.9 Å². The number of methoxy groups -OCH3 is 1. The lowest BCUT2D eigenvalue weighted by molar-refractivity contribution is 0.397. The summed E-state index contributed by atoms with van der Waals surface area (Å²) in [6, 6.07) is 7.92. The molecule has 0 saturated heterocycles. The van der Waals surface area contributed by atoms with Gasteiger partial charge in [-0.05, 0) is 23.8 Å². The summed E-state index contributed by atoms with van der Waals surface area (Å²) in [7, 11) is 1.62. The predicted octanol–water partition coefficient (Wildman–Crippen LogP) is 2.54. The van der Waals surface area contributed by atoms with Crippen LogP contribution in [0.25, 0.3) is 0 Å². The summed E-state index contributed by atoms with van der Waals surface area (Å²) in [4.78, 5) is 4.07. The van der Waals surface area contributed by atoms with Gasteiger partial charge in [0.1, 0.15) is 11.5 Å². The van der Waals surface area contributed by atoms with E-state index >= 15 is 0 Å². The van der Waals surface area contributed by atoms with Crippen molar-refractivity contribution < 1.29 is 9.15 Å². The molecule has 96 valence electrons.